The van der Waals surface area contributed by atoms with Crippen LogP contribution >= 0.6 is 0 Å². The summed E-state index contributed by atoms with van der Waals surface area (Å²) < 4.78 is 1.81. The van der Waals surface area contributed by atoms with Crippen LogP contribution < -0.4 is 11.3 Å². The first kappa shape index (κ1) is 12.8. The van der Waals surface area contributed by atoms with E-state index in [1.807, 2.05) is 6.07 Å². The third-order valence-corrected chi connectivity index (χ3v) is 2.52. The molecule has 90 valence electrons. The molecule has 1 heterocycles. The molecule has 0 aromatic carbocycles. The summed E-state index contributed by atoms with van der Waals surface area (Å²) in [5.41, 5.74) is 6.94. The van der Waals surface area contributed by atoms with E-state index in [1.165, 1.54) is 0 Å². The van der Waals surface area contributed by atoms with Crippen LogP contribution in [0.15, 0.2) is 16.9 Å². The van der Waals surface area contributed by atoms with Gasteiger partial charge in [0, 0.05) is 17.7 Å². The van der Waals surface area contributed by atoms with Crippen molar-refractivity contribution in [3.8, 4) is 0 Å². The third kappa shape index (κ3) is 2.65. The summed E-state index contributed by atoms with van der Waals surface area (Å²) in [5, 5.41) is 0. The molecule has 3 nitrogen and oxygen atoms in total. The number of nitrogens with two attached hydrogens (primary N) is 1. The van der Waals surface area contributed by atoms with Crippen molar-refractivity contribution in [1.29, 1.82) is 0 Å². The van der Waals surface area contributed by atoms with Crippen molar-refractivity contribution < 1.29 is 0 Å². The van der Waals surface area contributed by atoms with Gasteiger partial charge in [-0.25, -0.2) is 0 Å². The van der Waals surface area contributed by atoms with E-state index >= 15 is 0 Å². The summed E-state index contributed by atoms with van der Waals surface area (Å²) in [6, 6.07) is 3.67. The highest BCUT2D eigenvalue weighted by atomic mass is 16.1. The quantitative estimate of drug-likeness (QED) is 0.835. The molecular weight excluding hydrogens is 200 g/mol. The first-order valence-corrected chi connectivity index (χ1v) is 5.73. The lowest BCUT2D eigenvalue weighted by Gasteiger charge is -2.25. The Morgan fingerprint density at radius 1 is 1.31 bits per heavy atom. The SMILES string of the molecule is CC(C)Cn1c(C(C)(C)C)ccc(N)c1=O. The third-order valence-electron chi connectivity index (χ3n) is 2.52. The lowest BCUT2D eigenvalue weighted by atomic mass is 9.91. The molecule has 0 amide bonds. The average molecular weight is 222 g/mol. The average Bonchev–Trinajstić information content (AvgIpc) is 2.10. The Balaban J connectivity index is 3.39. The summed E-state index contributed by atoms with van der Waals surface area (Å²) in [7, 11) is 0. The number of hydrogen-bond donors (Lipinski definition) is 1. The number of nitrogen functional groups attached to an aromatic ring is 1. The van der Waals surface area contributed by atoms with Crippen molar-refractivity contribution in [3.63, 3.8) is 0 Å². The first-order chi connectivity index (χ1) is 7.23. The molecule has 0 bridgehead atoms. The smallest absolute Gasteiger partial charge is 0.273 e. The fraction of sp³-hybridized carbons (Fsp3) is 0.615. The van der Waals surface area contributed by atoms with Crippen LogP contribution in [0.4, 0.5) is 5.69 Å². The monoisotopic (exact) mass is 222 g/mol. The van der Waals surface area contributed by atoms with Crippen molar-refractivity contribution >= 4 is 5.69 Å². The van der Waals surface area contributed by atoms with Gasteiger partial charge in [-0.15, -0.1) is 0 Å². The number of anilines is 1. The predicted molar refractivity (Wildman–Crippen MR) is 68.7 cm³/mol. The second kappa shape index (κ2) is 4.32. The zero-order chi connectivity index (χ0) is 12.5. The lowest BCUT2D eigenvalue weighted by Crippen LogP contribution is -2.32. The van der Waals surface area contributed by atoms with Crippen LogP contribution in [-0.4, -0.2) is 4.57 Å². The molecule has 0 saturated carbocycles. The zero-order valence-electron chi connectivity index (χ0n) is 10.9. The molecule has 0 unspecified atom stereocenters. The van der Waals surface area contributed by atoms with E-state index in [1.54, 1.807) is 10.6 Å². The maximum atomic E-state index is 12.0. The molecule has 3 heteroatoms. The van der Waals surface area contributed by atoms with Crippen LogP contribution in [0.2, 0.25) is 0 Å². The second-order valence-corrected chi connectivity index (χ2v) is 5.73. The summed E-state index contributed by atoms with van der Waals surface area (Å²) in [6.07, 6.45) is 0. The van der Waals surface area contributed by atoms with Gasteiger partial charge in [0.2, 0.25) is 0 Å². The standard InChI is InChI=1S/C13H22N2O/c1-9(2)8-15-11(13(3,4)5)7-6-10(14)12(15)16/h6-7,9H,8,14H2,1-5H3. The molecule has 0 saturated heterocycles. The minimum absolute atomic E-state index is 0.0399. The van der Waals surface area contributed by atoms with Gasteiger partial charge in [-0.3, -0.25) is 4.79 Å². The topological polar surface area (TPSA) is 48.0 Å². The summed E-state index contributed by atoms with van der Waals surface area (Å²) in [4.78, 5) is 12.0. The van der Waals surface area contributed by atoms with Crippen LogP contribution in [0.3, 0.4) is 0 Å². The van der Waals surface area contributed by atoms with Gasteiger partial charge in [0.15, 0.2) is 0 Å². The Morgan fingerprint density at radius 2 is 1.88 bits per heavy atom. The molecule has 0 aliphatic heterocycles. The molecule has 0 radical (unpaired) electrons. The molecule has 0 atom stereocenters. The van der Waals surface area contributed by atoms with E-state index in [2.05, 4.69) is 34.6 Å². The van der Waals surface area contributed by atoms with Gasteiger partial charge in [-0.05, 0) is 18.1 Å². The van der Waals surface area contributed by atoms with E-state index < -0.39 is 0 Å². The van der Waals surface area contributed by atoms with E-state index in [-0.39, 0.29) is 11.0 Å². The largest absolute Gasteiger partial charge is 0.394 e. The maximum absolute atomic E-state index is 12.0. The van der Waals surface area contributed by atoms with Gasteiger partial charge >= 0.3 is 0 Å². The lowest BCUT2D eigenvalue weighted by molar-refractivity contribution is 0.448. The van der Waals surface area contributed by atoms with Crippen LogP contribution in [0, 0.1) is 5.92 Å². The van der Waals surface area contributed by atoms with Gasteiger partial charge in [-0.1, -0.05) is 34.6 Å². The Hall–Kier alpha value is -1.25. The second-order valence-electron chi connectivity index (χ2n) is 5.73. The molecule has 0 aliphatic carbocycles. The van der Waals surface area contributed by atoms with Crippen molar-refractivity contribution in [2.75, 3.05) is 5.73 Å². The van der Waals surface area contributed by atoms with Crippen LogP contribution in [0.1, 0.15) is 40.3 Å². The van der Waals surface area contributed by atoms with Gasteiger partial charge in [0.05, 0.1) is 5.69 Å². The minimum atomic E-state index is -0.0684. The minimum Gasteiger partial charge on any atom is -0.394 e. The molecule has 16 heavy (non-hydrogen) atoms. The molecule has 1 aromatic heterocycles. The molecule has 0 fully saturated rings. The molecule has 2 N–H and O–H groups in total. The number of pyridine rings is 1. The summed E-state index contributed by atoms with van der Waals surface area (Å²) >= 11 is 0. The Labute approximate surface area is 97.3 Å². The van der Waals surface area contributed by atoms with Crippen LogP contribution in [0.25, 0.3) is 0 Å². The number of rotatable bonds is 2. The fourth-order valence-corrected chi connectivity index (χ4v) is 1.80. The van der Waals surface area contributed by atoms with Crippen molar-refractivity contribution in [2.24, 2.45) is 5.92 Å². The van der Waals surface area contributed by atoms with Gasteiger partial charge < -0.3 is 10.3 Å². The Kier molecular flexibility index (Phi) is 3.46. The fourth-order valence-electron chi connectivity index (χ4n) is 1.80. The molecule has 0 spiro atoms. The van der Waals surface area contributed by atoms with Crippen molar-refractivity contribution in [3.05, 3.63) is 28.2 Å². The highest BCUT2D eigenvalue weighted by Crippen LogP contribution is 2.22. The van der Waals surface area contributed by atoms with E-state index in [0.29, 0.717) is 11.6 Å². The van der Waals surface area contributed by atoms with Gasteiger partial charge in [0.1, 0.15) is 0 Å². The van der Waals surface area contributed by atoms with E-state index in [4.69, 9.17) is 5.73 Å². The number of hydrogen-bond acceptors (Lipinski definition) is 2. The van der Waals surface area contributed by atoms with Crippen LogP contribution in [-0.2, 0) is 12.0 Å². The molecular formula is C13H22N2O. The number of aromatic nitrogens is 1. The predicted octanol–water partition coefficient (Wildman–Crippen LogP) is 2.38. The Morgan fingerprint density at radius 3 is 2.31 bits per heavy atom. The van der Waals surface area contributed by atoms with E-state index in [0.717, 1.165) is 12.2 Å². The van der Waals surface area contributed by atoms with Gasteiger partial charge in [-0.2, -0.15) is 0 Å². The summed E-state index contributed by atoms with van der Waals surface area (Å²) in [6.45, 7) is 11.2. The Bertz CT molecular complexity index is 425. The highest BCUT2D eigenvalue weighted by molar-refractivity contribution is 5.37. The molecule has 0 aliphatic rings. The van der Waals surface area contributed by atoms with Gasteiger partial charge in [0.25, 0.3) is 5.56 Å². The molecule has 1 rings (SSSR count). The van der Waals surface area contributed by atoms with E-state index in [9.17, 15) is 4.79 Å². The normalized spacial score (nSPS) is 12.1. The zero-order valence-corrected chi connectivity index (χ0v) is 10.9. The van der Waals surface area contributed by atoms with Crippen LogP contribution in [0.5, 0.6) is 0 Å². The molecule has 1 aromatic rings. The first-order valence-electron chi connectivity index (χ1n) is 5.73. The highest BCUT2D eigenvalue weighted by Gasteiger charge is 2.19. The van der Waals surface area contributed by atoms with Crippen molar-refractivity contribution in [1.82, 2.24) is 4.57 Å². The maximum Gasteiger partial charge on any atom is 0.273 e. The number of nitrogens with zero attached hydrogens (tertiary/aromatic N) is 1. The van der Waals surface area contributed by atoms with Crippen molar-refractivity contribution in [2.45, 2.75) is 46.6 Å². The summed E-state index contributed by atoms with van der Waals surface area (Å²) in [5.74, 6) is 0.431.